The smallest absolute Gasteiger partial charge is 0.284 e. The Kier molecular flexibility index (Phi) is 3.82. The van der Waals surface area contributed by atoms with Crippen LogP contribution in [-0.4, -0.2) is 28.4 Å². The van der Waals surface area contributed by atoms with Crippen molar-refractivity contribution in [2.75, 3.05) is 6.79 Å². The number of amides is 1. The van der Waals surface area contributed by atoms with Crippen LogP contribution in [0.1, 0.15) is 40.5 Å². The minimum absolute atomic E-state index is 0.0949. The molecule has 146 valence electrons. The molecule has 0 radical (unpaired) electrons. The molecule has 2 aromatic heterocycles. The molecule has 1 saturated carbocycles. The van der Waals surface area contributed by atoms with Crippen LogP contribution in [0, 0.1) is 5.92 Å². The van der Waals surface area contributed by atoms with Crippen molar-refractivity contribution < 1.29 is 14.3 Å². The highest BCUT2D eigenvalue weighted by Gasteiger charge is 2.40. The van der Waals surface area contributed by atoms with Gasteiger partial charge in [0.25, 0.3) is 5.91 Å². The Morgan fingerprint density at radius 2 is 2.03 bits per heavy atom. The number of pyridine rings is 1. The molecule has 0 unspecified atom stereocenters. The molecule has 1 aliphatic carbocycles. The summed E-state index contributed by atoms with van der Waals surface area (Å²) in [6.45, 7) is 0.205. The second kappa shape index (κ2) is 6.43. The lowest BCUT2D eigenvalue weighted by Crippen LogP contribution is -2.26. The molecule has 4 heterocycles. The van der Waals surface area contributed by atoms with Crippen LogP contribution in [0.5, 0.6) is 11.5 Å². The van der Waals surface area contributed by atoms with Crippen molar-refractivity contribution >= 4 is 45.5 Å². The van der Waals surface area contributed by atoms with Crippen molar-refractivity contribution in [1.82, 2.24) is 9.99 Å². The van der Waals surface area contributed by atoms with Crippen molar-refractivity contribution in [3.8, 4) is 11.5 Å². The largest absolute Gasteiger partial charge is 0.454 e. The number of aromatic nitrogens is 1. The number of benzene rings is 1. The van der Waals surface area contributed by atoms with Crippen molar-refractivity contribution in [1.29, 1.82) is 0 Å². The summed E-state index contributed by atoms with van der Waals surface area (Å²) in [6.07, 6.45) is 2.97. The Balaban J connectivity index is 1.43. The Labute approximate surface area is 175 Å². The van der Waals surface area contributed by atoms with Gasteiger partial charge in [0.2, 0.25) is 6.79 Å². The minimum Gasteiger partial charge on any atom is -0.454 e. The topological polar surface area (TPSA) is 64.0 Å². The zero-order valence-electron chi connectivity index (χ0n) is 15.3. The van der Waals surface area contributed by atoms with Crippen molar-refractivity contribution in [2.24, 2.45) is 11.0 Å². The van der Waals surface area contributed by atoms with Gasteiger partial charge in [-0.25, -0.2) is 9.99 Å². The summed E-state index contributed by atoms with van der Waals surface area (Å²) in [5.74, 6) is 1.76. The lowest BCUT2D eigenvalue weighted by atomic mass is 9.99. The van der Waals surface area contributed by atoms with Gasteiger partial charge in [0, 0.05) is 29.1 Å². The number of fused-ring (bicyclic) bond motifs is 2. The Bertz CT molecular complexity index is 1170. The van der Waals surface area contributed by atoms with Gasteiger partial charge in [0.1, 0.15) is 5.15 Å². The van der Waals surface area contributed by atoms with Crippen molar-refractivity contribution in [3.63, 3.8) is 0 Å². The lowest BCUT2D eigenvalue weighted by Gasteiger charge is -2.22. The highest BCUT2D eigenvalue weighted by molar-refractivity contribution is 7.12. The molecule has 8 heteroatoms. The molecule has 6 rings (SSSR count). The number of ether oxygens (including phenoxy) is 2. The Morgan fingerprint density at radius 3 is 2.79 bits per heavy atom. The van der Waals surface area contributed by atoms with Gasteiger partial charge >= 0.3 is 0 Å². The molecule has 0 saturated heterocycles. The van der Waals surface area contributed by atoms with Crippen molar-refractivity contribution in [2.45, 2.75) is 25.3 Å². The van der Waals surface area contributed by atoms with Crippen LogP contribution in [-0.2, 0) is 0 Å². The molecule has 0 spiro atoms. The average Bonchev–Trinajstić information content (AvgIpc) is 3.13. The van der Waals surface area contributed by atoms with Gasteiger partial charge in [-0.2, -0.15) is 5.10 Å². The van der Waals surface area contributed by atoms with E-state index in [1.165, 1.54) is 11.3 Å². The number of nitrogens with zero attached hydrogens (tertiary/aromatic N) is 3. The van der Waals surface area contributed by atoms with Gasteiger partial charge in [0.15, 0.2) is 11.5 Å². The number of halogens is 1. The summed E-state index contributed by atoms with van der Waals surface area (Å²) in [5, 5.41) is 9.50. The fourth-order valence-electron chi connectivity index (χ4n) is 3.93. The first-order valence-corrected chi connectivity index (χ1v) is 10.8. The van der Waals surface area contributed by atoms with Crippen LogP contribution < -0.4 is 9.47 Å². The normalized spacial score (nSPS) is 20.4. The molecule has 1 fully saturated rings. The number of hydrogen-bond donors (Lipinski definition) is 0. The summed E-state index contributed by atoms with van der Waals surface area (Å²) in [7, 11) is 0. The molecule has 29 heavy (non-hydrogen) atoms. The predicted octanol–water partition coefficient (Wildman–Crippen LogP) is 5.03. The number of hydrazone groups is 1. The van der Waals surface area contributed by atoms with Gasteiger partial charge in [-0.05, 0) is 42.3 Å². The monoisotopic (exact) mass is 425 g/mol. The fraction of sp³-hybridized carbons (Fsp3) is 0.286. The van der Waals surface area contributed by atoms with Crippen LogP contribution in [0.15, 0.2) is 40.8 Å². The maximum Gasteiger partial charge on any atom is 0.284 e. The highest BCUT2D eigenvalue weighted by atomic mass is 35.5. The van der Waals surface area contributed by atoms with E-state index in [2.05, 4.69) is 4.98 Å². The van der Waals surface area contributed by atoms with Crippen molar-refractivity contribution in [3.05, 3.63) is 51.3 Å². The minimum atomic E-state index is -0.255. The zero-order valence-corrected chi connectivity index (χ0v) is 16.9. The summed E-state index contributed by atoms with van der Waals surface area (Å²) in [4.78, 5) is 18.4. The molecule has 0 bridgehead atoms. The third-order valence-electron chi connectivity index (χ3n) is 5.57. The molecule has 1 aromatic carbocycles. The second-order valence-electron chi connectivity index (χ2n) is 7.48. The van der Waals surface area contributed by atoms with E-state index < -0.39 is 0 Å². The number of carbonyl (C=O) groups excluding carboxylic acids is 1. The van der Waals surface area contributed by atoms with E-state index in [1.807, 2.05) is 35.7 Å². The molecule has 1 atom stereocenters. The Hall–Kier alpha value is -2.64. The van der Waals surface area contributed by atoms with E-state index in [1.54, 1.807) is 5.01 Å². The SMILES string of the molecule is O=C(c1cccs1)N1N=C(C2CC2)C[C@H]1c1cc2cc3c(cc2nc1Cl)OCO3. The lowest BCUT2D eigenvalue weighted by molar-refractivity contribution is 0.0716. The molecule has 6 nitrogen and oxygen atoms in total. The molecule has 0 N–H and O–H groups in total. The Morgan fingerprint density at radius 1 is 1.21 bits per heavy atom. The number of carbonyl (C=O) groups is 1. The first kappa shape index (κ1) is 17.2. The molecular weight excluding hydrogens is 410 g/mol. The van der Waals surface area contributed by atoms with Gasteiger partial charge in [-0.15, -0.1) is 11.3 Å². The molecular formula is C21H16ClN3O3S. The summed E-state index contributed by atoms with van der Waals surface area (Å²) in [6, 6.07) is 9.19. The van der Waals surface area contributed by atoms with E-state index in [0.717, 1.165) is 35.0 Å². The first-order chi connectivity index (χ1) is 14.2. The third kappa shape index (κ3) is 2.88. The standard InChI is InChI=1S/C21H16ClN3O3S/c22-20-13(6-12-7-17-18(28-10-27-17)9-14(12)23-20)16-8-15(11-3-4-11)24-25(16)21(26)19-2-1-5-29-19/h1-2,5-7,9,11,16H,3-4,8,10H2/t16-/m0/s1. The fourth-order valence-corrected chi connectivity index (χ4v) is 4.86. The number of rotatable bonds is 3. The number of thiophene rings is 1. The summed E-state index contributed by atoms with van der Waals surface area (Å²) < 4.78 is 10.9. The van der Waals surface area contributed by atoms with Crippen LogP contribution in [0.2, 0.25) is 5.15 Å². The zero-order chi connectivity index (χ0) is 19.5. The number of hydrogen-bond acceptors (Lipinski definition) is 6. The van der Waals surface area contributed by atoms with Gasteiger partial charge in [-0.3, -0.25) is 4.79 Å². The maximum absolute atomic E-state index is 13.1. The van der Waals surface area contributed by atoms with Gasteiger partial charge < -0.3 is 9.47 Å². The van der Waals surface area contributed by atoms with E-state index in [4.69, 9.17) is 26.2 Å². The van der Waals surface area contributed by atoms with Gasteiger partial charge in [0.05, 0.1) is 16.4 Å². The van der Waals surface area contributed by atoms with E-state index in [0.29, 0.717) is 33.9 Å². The maximum atomic E-state index is 13.1. The molecule has 3 aliphatic rings. The van der Waals surface area contributed by atoms with E-state index in [9.17, 15) is 4.79 Å². The van der Waals surface area contributed by atoms with Crippen LogP contribution >= 0.6 is 22.9 Å². The summed E-state index contributed by atoms with van der Waals surface area (Å²) >= 11 is 8.02. The third-order valence-corrected chi connectivity index (χ3v) is 6.73. The first-order valence-electron chi connectivity index (χ1n) is 9.51. The molecule has 2 aliphatic heterocycles. The average molecular weight is 426 g/mol. The summed E-state index contributed by atoms with van der Waals surface area (Å²) in [5.41, 5.74) is 2.63. The van der Waals surface area contributed by atoms with Gasteiger partial charge in [-0.1, -0.05) is 17.7 Å². The highest BCUT2D eigenvalue weighted by Crippen LogP contribution is 2.44. The predicted molar refractivity (Wildman–Crippen MR) is 111 cm³/mol. The molecule has 3 aromatic rings. The van der Waals surface area contributed by atoms with Crippen LogP contribution in [0.25, 0.3) is 10.9 Å². The van der Waals surface area contributed by atoms with E-state index >= 15 is 0 Å². The van der Waals surface area contributed by atoms with Crippen LogP contribution in [0.3, 0.4) is 0 Å². The van der Waals surface area contributed by atoms with E-state index in [-0.39, 0.29) is 18.7 Å². The second-order valence-corrected chi connectivity index (χ2v) is 8.78. The molecule has 1 amide bonds. The van der Waals surface area contributed by atoms with Crippen LogP contribution in [0.4, 0.5) is 0 Å². The quantitative estimate of drug-likeness (QED) is 0.552.